The van der Waals surface area contributed by atoms with Crippen molar-refractivity contribution in [2.75, 3.05) is 6.54 Å². The van der Waals surface area contributed by atoms with Gasteiger partial charge in [-0.3, -0.25) is 0 Å². The quantitative estimate of drug-likeness (QED) is 0.609. The van der Waals surface area contributed by atoms with E-state index in [-0.39, 0.29) is 0 Å². The molecule has 0 atom stereocenters. The minimum Gasteiger partial charge on any atom is -0.312 e. The van der Waals surface area contributed by atoms with Gasteiger partial charge in [-0.05, 0) is 31.0 Å². The van der Waals surface area contributed by atoms with Gasteiger partial charge in [0.05, 0.1) is 0 Å². The highest BCUT2D eigenvalue weighted by atomic mass is 35.5. The molecule has 0 radical (unpaired) electrons. The highest BCUT2D eigenvalue weighted by Gasteiger charge is 1.98. The third-order valence-electron chi connectivity index (χ3n) is 2.13. The van der Waals surface area contributed by atoms with Crippen LogP contribution in [0.3, 0.4) is 0 Å². The summed E-state index contributed by atoms with van der Waals surface area (Å²) in [5, 5.41) is 4.15. The summed E-state index contributed by atoms with van der Waals surface area (Å²) in [6, 6.07) is 6.13. The van der Waals surface area contributed by atoms with Gasteiger partial charge < -0.3 is 5.32 Å². The van der Waals surface area contributed by atoms with Crippen molar-refractivity contribution in [1.82, 2.24) is 5.32 Å². The van der Waals surface area contributed by atoms with Crippen LogP contribution < -0.4 is 5.32 Å². The number of halogens is 1. The second-order valence-corrected chi connectivity index (χ2v) is 3.86. The number of hydrogen-bond acceptors (Lipinski definition) is 1. The van der Waals surface area contributed by atoms with Crippen LogP contribution in [0.15, 0.2) is 18.2 Å². The van der Waals surface area contributed by atoms with E-state index in [9.17, 15) is 0 Å². The maximum atomic E-state index is 6.10. The average molecular weight is 222 g/mol. The first-order valence-electron chi connectivity index (χ1n) is 5.09. The molecular weight excluding hydrogens is 206 g/mol. The van der Waals surface area contributed by atoms with Crippen LogP contribution in [0, 0.1) is 18.8 Å². The molecular formula is C13H16ClN. The molecule has 0 spiro atoms. The van der Waals surface area contributed by atoms with Gasteiger partial charge in [-0.2, -0.15) is 0 Å². The van der Waals surface area contributed by atoms with Crippen molar-refractivity contribution in [3.8, 4) is 11.8 Å². The number of nitrogens with one attached hydrogen (secondary N) is 1. The Hall–Kier alpha value is -0.970. The molecule has 1 aromatic carbocycles. The van der Waals surface area contributed by atoms with Crippen molar-refractivity contribution in [3.05, 3.63) is 34.3 Å². The zero-order valence-corrected chi connectivity index (χ0v) is 9.99. The van der Waals surface area contributed by atoms with Crippen LogP contribution in [0.5, 0.6) is 0 Å². The molecule has 1 N–H and O–H groups in total. The summed E-state index contributed by atoms with van der Waals surface area (Å²) >= 11 is 6.10. The lowest BCUT2D eigenvalue weighted by atomic mass is 10.1. The molecule has 1 rings (SSSR count). The lowest BCUT2D eigenvalue weighted by Crippen LogP contribution is -2.14. The van der Waals surface area contributed by atoms with Gasteiger partial charge >= 0.3 is 0 Å². The van der Waals surface area contributed by atoms with E-state index in [1.807, 2.05) is 19.9 Å². The molecule has 1 nitrogen and oxygen atoms in total. The standard InChI is InChI=1S/C13H16ClN/c1-3-4-5-8-15-10-12-7-6-11(2)9-13(12)14/h6-7,9,15H,5,8,10H2,1-2H3. The van der Waals surface area contributed by atoms with Crippen LogP contribution in [0.2, 0.25) is 5.02 Å². The lowest BCUT2D eigenvalue weighted by Gasteiger charge is -2.05. The number of aryl methyl sites for hydroxylation is 1. The predicted molar refractivity (Wildman–Crippen MR) is 66.0 cm³/mol. The zero-order chi connectivity index (χ0) is 11.1. The van der Waals surface area contributed by atoms with Gasteiger partial charge in [-0.25, -0.2) is 0 Å². The molecule has 0 aliphatic heterocycles. The Labute approximate surface area is 96.8 Å². The van der Waals surface area contributed by atoms with Gasteiger partial charge in [-0.1, -0.05) is 23.7 Å². The minimum atomic E-state index is 0.810. The van der Waals surface area contributed by atoms with Gasteiger partial charge in [0.2, 0.25) is 0 Å². The third kappa shape index (κ3) is 4.38. The van der Waals surface area contributed by atoms with E-state index in [4.69, 9.17) is 11.6 Å². The monoisotopic (exact) mass is 221 g/mol. The van der Waals surface area contributed by atoms with Crippen molar-refractivity contribution in [3.63, 3.8) is 0 Å². The zero-order valence-electron chi connectivity index (χ0n) is 9.23. The Morgan fingerprint density at radius 1 is 1.40 bits per heavy atom. The van der Waals surface area contributed by atoms with Gasteiger partial charge in [-0.15, -0.1) is 11.8 Å². The van der Waals surface area contributed by atoms with Crippen LogP contribution in [0.25, 0.3) is 0 Å². The Morgan fingerprint density at radius 3 is 2.87 bits per heavy atom. The number of benzene rings is 1. The molecule has 0 fully saturated rings. The molecule has 0 aliphatic rings. The lowest BCUT2D eigenvalue weighted by molar-refractivity contribution is 0.701. The van der Waals surface area contributed by atoms with Gasteiger partial charge in [0.25, 0.3) is 0 Å². The molecule has 80 valence electrons. The van der Waals surface area contributed by atoms with Crippen molar-refractivity contribution < 1.29 is 0 Å². The molecule has 0 unspecified atom stereocenters. The summed E-state index contributed by atoms with van der Waals surface area (Å²) in [4.78, 5) is 0. The predicted octanol–water partition coefficient (Wildman–Crippen LogP) is 3.15. The van der Waals surface area contributed by atoms with Crippen molar-refractivity contribution in [1.29, 1.82) is 0 Å². The average Bonchev–Trinajstić information content (AvgIpc) is 2.20. The highest BCUT2D eigenvalue weighted by molar-refractivity contribution is 6.31. The van der Waals surface area contributed by atoms with Gasteiger partial charge in [0.1, 0.15) is 0 Å². The van der Waals surface area contributed by atoms with E-state index >= 15 is 0 Å². The first-order valence-corrected chi connectivity index (χ1v) is 5.47. The molecule has 2 heteroatoms. The van der Waals surface area contributed by atoms with Crippen molar-refractivity contribution in [2.24, 2.45) is 0 Å². The number of hydrogen-bond donors (Lipinski definition) is 1. The second-order valence-electron chi connectivity index (χ2n) is 3.45. The fourth-order valence-corrected chi connectivity index (χ4v) is 1.60. The van der Waals surface area contributed by atoms with Crippen LogP contribution in [0.4, 0.5) is 0 Å². The Kier molecular flexibility index (Phi) is 5.25. The maximum absolute atomic E-state index is 6.10. The van der Waals surface area contributed by atoms with Crippen LogP contribution in [-0.4, -0.2) is 6.54 Å². The fraction of sp³-hybridized carbons (Fsp3) is 0.385. The van der Waals surface area contributed by atoms with E-state index in [0.717, 1.165) is 30.1 Å². The normalized spacial score (nSPS) is 9.53. The van der Waals surface area contributed by atoms with E-state index in [1.165, 1.54) is 5.56 Å². The third-order valence-corrected chi connectivity index (χ3v) is 2.48. The minimum absolute atomic E-state index is 0.810. The first-order chi connectivity index (χ1) is 7.24. The SMILES string of the molecule is CC#CCCNCc1ccc(C)cc1Cl. The first kappa shape index (κ1) is 12.1. The summed E-state index contributed by atoms with van der Waals surface area (Å²) in [6.45, 7) is 5.62. The molecule has 0 heterocycles. The van der Waals surface area contributed by atoms with Crippen LogP contribution >= 0.6 is 11.6 Å². The molecule has 0 saturated heterocycles. The van der Waals surface area contributed by atoms with E-state index in [2.05, 4.69) is 29.3 Å². The molecule has 0 bridgehead atoms. The Bertz CT molecular complexity index is 374. The molecule has 0 saturated carbocycles. The van der Waals surface area contributed by atoms with Gasteiger partial charge in [0, 0.05) is 24.5 Å². The highest BCUT2D eigenvalue weighted by Crippen LogP contribution is 2.16. The summed E-state index contributed by atoms with van der Waals surface area (Å²) in [5.41, 5.74) is 2.34. The molecule has 0 aromatic heterocycles. The summed E-state index contributed by atoms with van der Waals surface area (Å²) in [7, 11) is 0. The molecule has 0 amide bonds. The van der Waals surface area contributed by atoms with Crippen molar-refractivity contribution >= 4 is 11.6 Å². The van der Waals surface area contributed by atoms with Crippen LogP contribution in [0.1, 0.15) is 24.5 Å². The largest absolute Gasteiger partial charge is 0.312 e. The smallest absolute Gasteiger partial charge is 0.0453 e. The topological polar surface area (TPSA) is 12.0 Å². The van der Waals surface area contributed by atoms with Crippen molar-refractivity contribution in [2.45, 2.75) is 26.8 Å². The number of rotatable bonds is 4. The van der Waals surface area contributed by atoms with Gasteiger partial charge in [0.15, 0.2) is 0 Å². The summed E-state index contributed by atoms with van der Waals surface area (Å²) in [5.74, 6) is 5.88. The van der Waals surface area contributed by atoms with E-state index in [1.54, 1.807) is 0 Å². The molecule has 0 aliphatic carbocycles. The summed E-state index contributed by atoms with van der Waals surface area (Å²) in [6.07, 6.45) is 0.889. The van der Waals surface area contributed by atoms with Crippen LogP contribution in [-0.2, 0) is 6.54 Å². The van der Waals surface area contributed by atoms with E-state index in [0.29, 0.717) is 0 Å². The second kappa shape index (κ2) is 6.50. The Balaban J connectivity index is 2.39. The maximum Gasteiger partial charge on any atom is 0.0453 e. The Morgan fingerprint density at radius 2 is 2.20 bits per heavy atom. The molecule has 15 heavy (non-hydrogen) atoms. The van der Waals surface area contributed by atoms with E-state index < -0.39 is 0 Å². The summed E-state index contributed by atoms with van der Waals surface area (Å²) < 4.78 is 0. The molecule has 1 aromatic rings. The fourth-order valence-electron chi connectivity index (χ4n) is 1.29.